The largest absolute Gasteiger partial charge is 0.452 e. The molecule has 0 saturated carbocycles. The summed E-state index contributed by atoms with van der Waals surface area (Å²) in [5.41, 5.74) is 0.648. The number of halogens is 1. The number of carbonyl (C=O) groups excluding carboxylic acids is 2. The van der Waals surface area contributed by atoms with Crippen LogP contribution in [0.5, 0.6) is 0 Å². The van der Waals surface area contributed by atoms with Crippen LogP contribution in [0.2, 0.25) is 0 Å². The third-order valence-corrected chi connectivity index (χ3v) is 2.44. The average Bonchev–Trinajstić information content (AvgIpc) is 2.34. The minimum atomic E-state index is -0.513. The molecule has 0 bridgehead atoms. The van der Waals surface area contributed by atoms with Crippen LogP contribution in [0.25, 0.3) is 0 Å². The van der Waals surface area contributed by atoms with Gasteiger partial charge in [-0.3, -0.25) is 4.79 Å². The normalized spacial score (nSPS) is 10.3. The summed E-state index contributed by atoms with van der Waals surface area (Å²) in [6, 6.07) is 7.17. The van der Waals surface area contributed by atoms with Crippen LogP contribution in [0.3, 0.4) is 0 Å². The van der Waals surface area contributed by atoms with Crippen LogP contribution in [0.15, 0.2) is 40.9 Å². The highest BCUT2D eigenvalue weighted by atomic mass is 79.9. The Bertz CT molecular complexity index is 457. The van der Waals surface area contributed by atoms with Gasteiger partial charge < -0.3 is 10.1 Å². The van der Waals surface area contributed by atoms with Gasteiger partial charge in [0.25, 0.3) is 5.91 Å². The number of allylic oxidation sites excluding steroid dienone is 1. The first-order valence-electron chi connectivity index (χ1n) is 5.50. The third kappa shape index (κ3) is 5.63. The minimum absolute atomic E-state index is 0.292. The number of carbonyl (C=O) groups is 2. The van der Waals surface area contributed by atoms with Crippen LogP contribution in [0.1, 0.15) is 13.3 Å². The molecule has 0 spiro atoms. The maximum Gasteiger partial charge on any atom is 0.330 e. The van der Waals surface area contributed by atoms with Gasteiger partial charge in [-0.2, -0.15) is 0 Å². The van der Waals surface area contributed by atoms with Gasteiger partial charge in [0.2, 0.25) is 0 Å². The Balaban J connectivity index is 2.38. The van der Waals surface area contributed by atoms with Crippen LogP contribution >= 0.6 is 15.9 Å². The van der Waals surface area contributed by atoms with E-state index in [2.05, 4.69) is 21.2 Å². The van der Waals surface area contributed by atoms with Gasteiger partial charge in [-0.1, -0.05) is 35.0 Å². The molecular formula is C13H14BrNO3. The van der Waals surface area contributed by atoms with E-state index in [9.17, 15) is 9.59 Å². The number of nitrogens with one attached hydrogen (secondary N) is 1. The van der Waals surface area contributed by atoms with Gasteiger partial charge in [-0.05, 0) is 24.6 Å². The molecule has 1 aromatic rings. The smallest absolute Gasteiger partial charge is 0.330 e. The molecule has 0 unspecified atom stereocenters. The Kier molecular flexibility index (Phi) is 6.14. The first kappa shape index (κ1) is 14.4. The molecule has 0 aliphatic heterocycles. The van der Waals surface area contributed by atoms with Gasteiger partial charge in [-0.25, -0.2) is 4.79 Å². The summed E-state index contributed by atoms with van der Waals surface area (Å²) in [7, 11) is 0. The van der Waals surface area contributed by atoms with E-state index in [1.54, 1.807) is 24.3 Å². The molecule has 0 fully saturated rings. The van der Waals surface area contributed by atoms with Crippen molar-refractivity contribution in [3.05, 3.63) is 40.9 Å². The number of esters is 1. The number of amides is 1. The van der Waals surface area contributed by atoms with Crippen molar-refractivity contribution in [3.63, 3.8) is 0 Å². The standard InChI is InChI=1S/C13H14BrNO3/c1-2-3-7-13(17)18-9-12(16)15-11-6-4-5-10(14)8-11/h3-8H,2,9H2,1H3,(H,15,16)/b7-3+. The number of benzene rings is 1. The summed E-state index contributed by atoms with van der Waals surface area (Å²) in [4.78, 5) is 22.6. The molecule has 0 atom stereocenters. The van der Waals surface area contributed by atoms with Crippen LogP contribution < -0.4 is 5.32 Å². The second kappa shape index (κ2) is 7.66. The highest BCUT2D eigenvalue weighted by Gasteiger charge is 2.05. The third-order valence-electron chi connectivity index (χ3n) is 1.94. The lowest BCUT2D eigenvalue weighted by molar-refractivity contribution is -0.142. The van der Waals surface area contributed by atoms with Crippen LogP contribution in [-0.2, 0) is 14.3 Å². The average molecular weight is 312 g/mol. The summed E-state index contributed by atoms with van der Waals surface area (Å²) >= 11 is 3.30. The monoisotopic (exact) mass is 311 g/mol. The molecule has 5 heteroatoms. The SMILES string of the molecule is CC/C=C/C(=O)OCC(=O)Nc1cccc(Br)c1. The van der Waals surface area contributed by atoms with Gasteiger partial charge in [0, 0.05) is 16.2 Å². The van der Waals surface area contributed by atoms with Crippen molar-refractivity contribution < 1.29 is 14.3 Å². The number of hydrogen-bond donors (Lipinski definition) is 1. The molecule has 0 saturated heterocycles. The predicted octanol–water partition coefficient (Wildman–Crippen LogP) is 2.90. The van der Waals surface area contributed by atoms with Crippen molar-refractivity contribution in [1.29, 1.82) is 0 Å². The quantitative estimate of drug-likeness (QED) is 0.672. The lowest BCUT2D eigenvalue weighted by atomic mass is 10.3. The fourth-order valence-electron chi connectivity index (χ4n) is 1.16. The van der Waals surface area contributed by atoms with E-state index in [1.807, 2.05) is 13.0 Å². The summed E-state index contributed by atoms with van der Waals surface area (Å²) in [6.45, 7) is 1.61. The first-order valence-corrected chi connectivity index (χ1v) is 6.30. The molecule has 1 amide bonds. The summed E-state index contributed by atoms with van der Waals surface area (Å²) in [6.07, 6.45) is 3.74. The molecule has 96 valence electrons. The lowest BCUT2D eigenvalue weighted by Crippen LogP contribution is -2.20. The van der Waals surface area contributed by atoms with Crippen molar-refractivity contribution in [2.45, 2.75) is 13.3 Å². The predicted molar refractivity (Wildman–Crippen MR) is 73.2 cm³/mol. The molecule has 0 aliphatic rings. The Morgan fingerprint density at radius 1 is 1.44 bits per heavy atom. The molecule has 0 aliphatic carbocycles. The van der Waals surface area contributed by atoms with Crippen LogP contribution in [0.4, 0.5) is 5.69 Å². The van der Waals surface area contributed by atoms with E-state index < -0.39 is 5.97 Å². The number of ether oxygens (including phenoxy) is 1. The van der Waals surface area contributed by atoms with E-state index in [4.69, 9.17) is 4.74 Å². The maximum absolute atomic E-state index is 11.5. The van der Waals surface area contributed by atoms with Gasteiger partial charge >= 0.3 is 5.97 Å². The van der Waals surface area contributed by atoms with Crippen molar-refractivity contribution in [2.75, 3.05) is 11.9 Å². The van der Waals surface area contributed by atoms with Crippen LogP contribution in [-0.4, -0.2) is 18.5 Å². The van der Waals surface area contributed by atoms with E-state index in [0.29, 0.717) is 5.69 Å². The van der Waals surface area contributed by atoms with Crippen LogP contribution in [0, 0.1) is 0 Å². The number of hydrogen-bond acceptors (Lipinski definition) is 3. The van der Waals surface area contributed by atoms with E-state index in [1.165, 1.54) is 6.08 Å². The molecule has 0 radical (unpaired) electrons. The maximum atomic E-state index is 11.5. The summed E-state index contributed by atoms with van der Waals surface area (Å²) in [5.74, 6) is -0.882. The van der Waals surface area contributed by atoms with Crippen molar-refractivity contribution in [3.8, 4) is 0 Å². The second-order valence-electron chi connectivity index (χ2n) is 3.48. The Morgan fingerprint density at radius 2 is 2.22 bits per heavy atom. The van der Waals surface area contributed by atoms with Gasteiger partial charge in [-0.15, -0.1) is 0 Å². The van der Waals surface area contributed by atoms with Gasteiger partial charge in [0.05, 0.1) is 0 Å². The molecular weight excluding hydrogens is 298 g/mol. The Hall–Kier alpha value is -1.62. The molecule has 1 N–H and O–H groups in total. The first-order chi connectivity index (χ1) is 8.61. The second-order valence-corrected chi connectivity index (χ2v) is 4.39. The van der Waals surface area contributed by atoms with E-state index >= 15 is 0 Å². The van der Waals surface area contributed by atoms with Gasteiger partial charge in [0.15, 0.2) is 6.61 Å². The number of rotatable bonds is 5. The zero-order valence-electron chi connectivity index (χ0n) is 9.98. The van der Waals surface area contributed by atoms with E-state index in [0.717, 1.165) is 10.9 Å². The fourth-order valence-corrected chi connectivity index (χ4v) is 1.56. The molecule has 18 heavy (non-hydrogen) atoms. The summed E-state index contributed by atoms with van der Waals surface area (Å²) < 4.78 is 5.62. The highest BCUT2D eigenvalue weighted by molar-refractivity contribution is 9.10. The molecule has 0 aromatic heterocycles. The molecule has 1 aromatic carbocycles. The molecule has 4 nitrogen and oxygen atoms in total. The lowest BCUT2D eigenvalue weighted by Gasteiger charge is -2.05. The molecule has 0 heterocycles. The fraction of sp³-hybridized carbons (Fsp3) is 0.231. The summed E-state index contributed by atoms with van der Waals surface area (Å²) in [5, 5.41) is 2.62. The van der Waals surface area contributed by atoms with Crippen molar-refractivity contribution in [1.82, 2.24) is 0 Å². The molecule has 1 rings (SSSR count). The highest BCUT2D eigenvalue weighted by Crippen LogP contribution is 2.15. The topological polar surface area (TPSA) is 55.4 Å². The van der Waals surface area contributed by atoms with Crippen molar-refractivity contribution >= 4 is 33.5 Å². The van der Waals surface area contributed by atoms with Gasteiger partial charge in [0.1, 0.15) is 0 Å². The zero-order chi connectivity index (χ0) is 13.4. The Morgan fingerprint density at radius 3 is 2.89 bits per heavy atom. The zero-order valence-corrected chi connectivity index (χ0v) is 11.6. The minimum Gasteiger partial charge on any atom is -0.452 e. The number of anilines is 1. The Labute approximate surface area is 114 Å². The van der Waals surface area contributed by atoms with E-state index in [-0.39, 0.29) is 12.5 Å². The van der Waals surface area contributed by atoms with Crippen molar-refractivity contribution in [2.24, 2.45) is 0 Å².